The van der Waals surface area contributed by atoms with Crippen molar-refractivity contribution in [3.63, 3.8) is 0 Å². The Morgan fingerprint density at radius 1 is 1.35 bits per heavy atom. The molecule has 2 aromatic rings. The molecule has 0 atom stereocenters. The van der Waals surface area contributed by atoms with E-state index in [0.717, 1.165) is 11.5 Å². The summed E-state index contributed by atoms with van der Waals surface area (Å²) in [6, 6.07) is 5.19. The smallest absolute Gasteiger partial charge is 0.365 e. The van der Waals surface area contributed by atoms with Crippen molar-refractivity contribution in [2.45, 2.75) is 0 Å². The third-order valence-corrected chi connectivity index (χ3v) is 2.33. The van der Waals surface area contributed by atoms with E-state index >= 15 is 0 Å². The molecule has 0 aliphatic heterocycles. The molecule has 1 aromatic heterocycles. The zero-order chi connectivity index (χ0) is 12.3. The van der Waals surface area contributed by atoms with Crippen LogP contribution >= 0.6 is 11.5 Å². The summed E-state index contributed by atoms with van der Waals surface area (Å²) < 4.78 is 8.46. The van der Waals surface area contributed by atoms with Gasteiger partial charge in [0.2, 0.25) is 0 Å². The standard InChI is InChI=1S/C9H5N3O4S/c13-9(8-5-17-11-10-8)16-7-3-1-6(2-4-7)12(14)15/h1-5H. The predicted molar refractivity (Wildman–Crippen MR) is 58.0 cm³/mol. The molecule has 0 bridgehead atoms. The van der Waals surface area contributed by atoms with Gasteiger partial charge in [0.25, 0.3) is 5.69 Å². The van der Waals surface area contributed by atoms with Gasteiger partial charge in [-0.1, -0.05) is 4.49 Å². The molecule has 0 saturated carbocycles. The molecule has 0 unspecified atom stereocenters. The highest BCUT2D eigenvalue weighted by Crippen LogP contribution is 2.18. The largest absolute Gasteiger partial charge is 0.422 e. The van der Waals surface area contributed by atoms with E-state index in [0.29, 0.717) is 0 Å². The van der Waals surface area contributed by atoms with Crippen molar-refractivity contribution in [1.82, 2.24) is 9.59 Å². The molecule has 0 saturated heterocycles. The summed E-state index contributed by atoms with van der Waals surface area (Å²) in [6.45, 7) is 0. The van der Waals surface area contributed by atoms with Crippen LogP contribution in [0.4, 0.5) is 5.69 Å². The SMILES string of the molecule is O=C(Oc1ccc([N+](=O)[O-])cc1)c1csnn1. The molecule has 1 aromatic carbocycles. The fourth-order valence-corrected chi connectivity index (χ4v) is 1.47. The van der Waals surface area contributed by atoms with Gasteiger partial charge in [-0.15, -0.1) is 5.10 Å². The number of carbonyl (C=O) groups is 1. The van der Waals surface area contributed by atoms with E-state index in [9.17, 15) is 14.9 Å². The van der Waals surface area contributed by atoms with E-state index in [4.69, 9.17) is 4.74 Å². The molecular formula is C9H5N3O4S. The van der Waals surface area contributed by atoms with Crippen molar-refractivity contribution >= 4 is 23.2 Å². The molecule has 7 nitrogen and oxygen atoms in total. The normalized spacial score (nSPS) is 9.88. The molecule has 17 heavy (non-hydrogen) atoms. The lowest BCUT2D eigenvalue weighted by molar-refractivity contribution is -0.384. The Kier molecular flexibility index (Phi) is 3.06. The van der Waals surface area contributed by atoms with Crippen LogP contribution in [-0.4, -0.2) is 20.5 Å². The van der Waals surface area contributed by atoms with Crippen LogP contribution < -0.4 is 4.74 Å². The number of hydrogen-bond acceptors (Lipinski definition) is 7. The van der Waals surface area contributed by atoms with Crippen molar-refractivity contribution in [1.29, 1.82) is 0 Å². The Morgan fingerprint density at radius 3 is 2.59 bits per heavy atom. The molecule has 0 aliphatic rings. The minimum Gasteiger partial charge on any atom is -0.422 e. The van der Waals surface area contributed by atoms with Crippen LogP contribution in [0.1, 0.15) is 10.5 Å². The molecule has 0 radical (unpaired) electrons. The Bertz CT molecular complexity index is 538. The third-order valence-electron chi connectivity index (χ3n) is 1.83. The van der Waals surface area contributed by atoms with Crippen LogP contribution in [0.15, 0.2) is 29.6 Å². The number of nitrogens with zero attached hydrogens (tertiary/aromatic N) is 3. The van der Waals surface area contributed by atoms with Gasteiger partial charge in [-0.3, -0.25) is 10.1 Å². The number of esters is 1. The van der Waals surface area contributed by atoms with Crippen LogP contribution in [0.5, 0.6) is 5.75 Å². The van der Waals surface area contributed by atoms with Gasteiger partial charge in [-0.2, -0.15) is 0 Å². The quantitative estimate of drug-likeness (QED) is 0.356. The minimum absolute atomic E-state index is 0.0693. The molecule has 8 heteroatoms. The van der Waals surface area contributed by atoms with Gasteiger partial charge < -0.3 is 4.74 Å². The summed E-state index contributed by atoms with van der Waals surface area (Å²) in [4.78, 5) is 21.3. The maximum absolute atomic E-state index is 11.4. The second kappa shape index (κ2) is 4.66. The maximum atomic E-state index is 11.4. The topological polar surface area (TPSA) is 95.2 Å². The lowest BCUT2D eigenvalue weighted by Crippen LogP contribution is -2.08. The fourth-order valence-electron chi connectivity index (χ4n) is 1.05. The first kappa shape index (κ1) is 11.1. The molecule has 0 aliphatic carbocycles. The Balaban J connectivity index is 2.09. The fraction of sp³-hybridized carbons (Fsp3) is 0. The predicted octanol–water partition coefficient (Wildman–Crippen LogP) is 1.67. The molecule has 0 spiro atoms. The summed E-state index contributed by atoms with van der Waals surface area (Å²) in [7, 11) is 0. The second-order valence-electron chi connectivity index (χ2n) is 2.93. The number of non-ortho nitro benzene ring substituents is 1. The molecular weight excluding hydrogens is 246 g/mol. The third kappa shape index (κ3) is 2.61. The Hall–Kier alpha value is -2.35. The van der Waals surface area contributed by atoms with Crippen molar-refractivity contribution in [3.8, 4) is 5.75 Å². The first-order valence-corrected chi connectivity index (χ1v) is 5.24. The van der Waals surface area contributed by atoms with Crippen molar-refractivity contribution in [2.75, 3.05) is 0 Å². The number of ether oxygens (including phenoxy) is 1. The monoisotopic (exact) mass is 251 g/mol. The van der Waals surface area contributed by atoms with Gasteiger partial charge in [-0.05, 0) is 23.7 Å². The zero-order valence-corrected chi connectivity index (χ0v) is 9.09. The average Bonchev–Trinajstić information content (AvgIpc) is 2.83. The van der Waals surface area contributed by atoms with Crippen LogP contribution in [0.3, 0.4) is 0 Å². The number of aromatic nitrogens is 2. The molecule has 86 valence electrons. The number of nitro benzene ring substituents is 1. The minimum atomic E-state index is -0.646. The number of carbonyl (C=O) groups excluding carboxylic acids is 1. The summed E-state index contributed by atoms with van der Waals surface area (Å²) in [5.41, 5.74) is 0.0356. The number of rotatable bonds is 3. The summed E-state index contributed by atoms with van der Waals surface area (Å²) in [5, 5.41) is 15.4. The van der Waals surface area contributed by atoms with E-state index in [1.54, 1.807) is 0 Å². The Labute approximate surface area is 99.0 Å². The number of nitro groups is 1. The first-order chi connectivity index (χ1) is 8.16. The van der Waals surface area contributed by atoms with Crippen molar-refractivity contribution in [3.05, 3.63) is 45.5 Å². The van der Waals surface area contributed by atoms with E-state index in [1.807, 2.05) is 0 Å². The van der Waals surface area contributed by atoms with Gasteiger partial charge in [0.15, 0.2) is 5.69 Å². The van der Waals surface area contributed by atoms with Gasteiger partial charge in [-0.25, -0.2) is 4.79 Å². The molecule has 0 amide bonds. The van der Waals surface area contributed by atoms with Gasteiger partial charge in [0, 0.05) is 17.5 Å². The second-order valence-corrected chi connectivity index (χ2v) is 3.54. The van der Waals surface area contributed by atoms with Crippen molar-refractivity contribution in [2.24, 2.45) is 0 Å². The number of benzene rings is 1. The highest BCUT2D eigenvalue weighted by Gasteiger charge is 2.12. The molecule has 2 rings (SSSR count). The lowest BCUT2D eigenvalue weighted by Gasteiger charge is -2.00. The highest BCUT2D eigenvalue weighted by molar-refractivity contribution is 7.03. The molecule has 0 N–H and O–H groups in total. The lowest BCUT2D eigenvalue weighted by atomic mass is 10.3. The molecule has 0 fully saturated rings. The first-order valence-electron chi connectivity index (χ1n) is 4.40. The van der Waals surface area contributed by atoms with Gasteiger partial charge in [0.1, 0.15) is 5.75 Å². The van der Waals surface area contributed by atoms with E-state index in [2.05, 4.69) is 9.59 Å². The van der Waals surface area contributed by atoms with Crippen LogP contribution in [-0.2, 0) is 0 Å². The van der Waals surface area contributed by atoms with Gasteiger partial charge >= 0.3 is 5.97 Å². The van der Waals surface area contributed by atoms with Crippen molar-refractivity contribution < 1.29 is 14.5 Å². The molecule has 1 heterocycles. The van der Waals surface area contributed by atoms with E-state index in [-0.39, 0.29) is 17.1 Å². The van der Waals surface area contributed by atoms with E-state index < -0.39 is 10.9 Å². The average molecular weight is 251 g/mol. The van der Waals surface area contributed by atoms with Crippen LogP contribution in [0.25, 0.3) is 0 Å². The maximum Gasteiger partial charge on any atom is 0.365 e. The summed E-state index contributed by atoms with van der Waals surface area (Å²) >= 11 is 1.03. The number of hydrogen-bond donors (Lipinski definition) is 0. The van der Waals surface area contributed by atoms with Crippen LogP contribution in [0, 0.1) is 10.1 Å². The summed E-state index contributed by atoms with van der Waals surface area (Å²) in [6.07, 6.45) is 0. The summed E-state index contributed by atoms with van der Waals surface area (Å²) in [5.74, 6) is -0.429. The Morgan fingerprint density at radius 2 is 2.06 bits per heavy atom. The van der Waals surface area contributed by atoms with Gasteiger partial charge in [0.05, 0.1) is 4.92 Å². The van der Waals surface area contributed by atoms with Crippen LogP contribution in [0.2, 0.25) is 0 Å². The van der Waals surface area contributed by atoms with E-state index in [1.165, 1.54) is 29.6 Å². The zero-order valence-electron chi connectivity index (χ0n) is 8.27. The highest BCUT2D eigenvalue weighted by atomic mass is 32.1.